The maximum absolute atomic E-state index is 13.6. The van der Waals surface area contributed by atoms with E-state index in [-0.39, 0.29) is 24.3 Å². The van der Waals surface area contributed by atoms with Gasteiger partial charge in [0.1, 0.15) is 6.04 Å². The molecule has 208 valence electrons. The lowest BCUT2D eigenvalue weighted by molar-refractivity contribution is -0.136. The number of halogens is 2. The van der Waals surface area contributed by atoms with Gasteiger partial charge in [-0.1, -0.05) is 47.5 Å². The number of nitrogens with zero attached hydrogens (tertiary/aromatic N) is 2. The summed E-state index contributed by atoms with van der Waals surface area (Å²) in [5.41, 5.74) is 3.15. The standard InChI is InChI=1S/C28H39Cl2N5O3/c1-20(19-38-3)32-18-22-6-4-5-7-26(22)34-12-14-35(15-13-34)28(37)25(33-27(36)10-11-31-2)16-21-8-9-23(29)17-24(21)30/h4-9,17,20,25,31-32H,10-16,18-19H2,1-3H3,(H,33,36)/t20?,25-/m1/s1. The number of hydrogen-bond acceptors (Lipinski definition) is 6. The number of carbonyl (C=O) groups excluding carboxylic acids is 2. The van der Waals surface area contributed by atoms with E-state index in [0.29, 0.717) is 55.8 Å². The molecule has 0 aliphatic carbocycles. The van der Waals surface area contributed by atoms with Crippen LogP contribution in [0.25, 0.3) is 0 Å². The SMILES string of the molecule is CNCCC(=O)N[C@H](Cc1ccc(Cl)cc1Cl)C(=O)N1CCN(c2ccccc2CNC(C)COC)CC1. The van der Waals surface area contributed by atoms with Crippen LogP contribution in [0.4, 0.5) is 5.69 Å². The van der Waals surface area contributed by atoms with Gasteiger partial charge in [0.25, 0.3) is 0 Å². The van der Waals surface area contributed by atoms with Crippen molar-refractivity contribution in [3.8, 4) is 0 Å². The number of anilines is 1. The van der Waals surface area contributed by atoms with Crippen molar-refractivity contribution in [3.63, 3.8) is 0 Å². The Labute approximate surface area is 236 Å². The number of ether oxygens (including phenoxy) is 1. The zero-order valence-electron chi connectivity index (χ0n) is 22.4. The number of benzene rings is 2. The number of carbonyl (C=O) groups is 2. The number of methoxy groups -OCH3 is 1. The third-order valence-electron chi connectivity index (χ3n) is 6.66. The van der Waals surface area contributed by atoms with Crippen LogP contribution in [0.2, 0.25) is 10.0 Å². The van der Waals surface area contributed by atoms with Crippen LogP contribution in [0.5, 0.6) is 0 Å². The second-order valence-electron chi connectivity index (χ2n) is 9.59. The van der Waals surface area contributed by atoms with Crippen molar-refractivity contribution in [2.24, 2.45) is 0 Å². The van der Waals surface area contributed by atoms with Crippen molar-refractivity contribution in [1.82, 2.24) is 20.9 Å². The Bertz CT molecular complexity index is 1060. The maximum Gasteiger partial charge on any atom is 0.245 e. The van der Waals surface area contributed by atoms with Crippen LogP contribution in [0, 0.1) is 0 Å². The van der Waals surface area contributed by atoms with E-state index in [1.54, 1.807) is 32.4 Å². The van der Waals surface area contributed by atoms with Gasteiger partial charge in [0.15, 0.2) is 0 Å². The lowest BCUT2D eigenvalue weighted by Crippen LogP contribution is -2.56. The van der Waals surface area contributed by atoms with Gasteiger partial charge in [0, 0.05) is 81.0 Å². The highest BCUT2D eigenvalue weighted by Crippen LogP contribution is 2.24. The molecule has 0 spiro atoms. The van der Waals surface area contributed by atoms with E-state index >= 15 is 0 Å². The first-order chi connectivity index (χ1) is 18.3. The smallest absolute Gasteiger partial charge is 0.245 e. The molecule has 1 unspecified atom stereocenters. The van der Waals surface area contributed by atoms with Gasteiger partial charge in [-0.15, -0.1) is 0 Å². The zero-order chi connectivity index (χ0) is 27.5. The topological polar surface area (TPSA) is 85.9 Å². The summed E-state index contributed by atoms with van der Waals surface area (Å²) in [7, 11) is 3.49. The largest absolute Gasteiger partial charge is 0.383 e. The highest BCUT2D eigenvalue weighted by Gasteiger charge is 2.30. The normalized spacial score (nSPS) is 15.3. The molecule has 1 saturated heterocycles. The van der Waals surface area contributed by atoms with Crippen molar-refractivity contribution < 1.29 is 14.3 Å². The summed E-state index contributed by atoms with van der Waals surface area (Å²) in [6, 6.07) is 13.1. The Morgan fingerprint density at radius 2 is 1.79 bits per heavy atom. The summed E-state index contributed by atoms with van der Waals surface area (Å²) >= 11 is 12.5. The number of piperazine rings is 1. The molecule has 2 aromatic rings. The molecule has 3 rings (SSSR count). The van der Waals surface area contributed by atoms with Gasteiger partial charge in [-0.3, -0.25) is 9.59 Å². The predicted molar refractivity (Wildman–Crippen MR) is 154 cm³/mol. The number of hydrogen-bond donors (Lipinski definition) is 3. The predicted octanol–water partition coefficient (Wildman–Crippen LogP) is 3.10. The summed E-state index contributed by atoms with van der Waals surface area (Å²) in [5.74, 6) is -0.276. The van der Waals surface area contributed by atoms with Gasteiger partial charge in [0.2, 0.25) is 11.8 Å². The molecule has 0 radical (unpaired) electrons. The Hall–Kier alpha value is -2.36. The Morgan fingerprint density at radius 3 is 2.47 bits per heavy atom. The average molecular weight is 565 g/mol. The second-order valence-corrected chi connectivity index (χ2v) is 10.4. The minimum absolute atomic E-state index is 0.100. The summed E-state index contributed by atoms with van der Waals surface area (Å²) in [6.45, 7) is 6.57. The quantitative estimate of drug-likeness (QED) is 0.347. The van der Waals surface area contributed by atoms with Crippen molar-refractivity contribution in [3.05, 3.63) is 63.6 Å². The second kappa shape index (κ2) is 15.3. The van der Waals surface area contributed by atoms with Crippen LogP contribution in [-0.4, -0.2) is 82.3 Å². The highest BCUT2D eigenvalue weighted by molar-refractivity contribution is 6.35. The van der Waals surface area contributed by atoms with Gasteiger partial charge in [-0.05, 0) is 43.3 Å². The van der Waals surface area contributed by atoms with E-state index in [1.165, 1.54) is 11.3 Å². The Kier molecular flexibility index (Phi) is 12.1. The van der Waals surface area contributed by atoms with Crippen LogP contribution in [0.1, 0.15) is 24.5 Å². The van der Waals surface area contributed by atoms with Crippen molar-refractivity contribution in [2.45, 2.75) is 38.4 Å². The van der Waals surface area contributed by atoms with E-state index in [2.05, 4.69) is 39.9 Å². The molecule has 1 fully saturated rings. The Balaban J connectivity index is 1.67. The van der Waals surface area contributed by atoms with Crippen molar-refractivity contribution in [1.29, 1.82) is 0 Å². The van der Waals surface area contributed by atoms with Crippen LogP contribution >= 0.6 is 23.2 Å². The third kappa shape index (κ3) is 8.85. The fourth-order valence-electron chi connectivity index (χ4n) is 4.56. The summed E-state index contributed by atoms with van der Waals surface area (Å²) in [5, 5.41) is 10.4. The van der Waals surface area contributed by atoms with Crippen LogP contribution in [0.3, 0.4) is 0 Å². The molecule has 0 aromatic heterocycles. The van der Waals surface area contributed by atoms with Gasteiger partial charge in [0.05, 0.1) is 6.61 Å². The molecule has 38 heavy (non-hydrogen) atoms. The van der Waals surface area contributed by atoms with Gasteiger partial charge in [-0.2, -0.15) is 0 Å². The average Bonchev–Trinajstić information content (AvgIpc) is 2.92. The van der Waals surface area contributed by atoms with E-state index in [0.717, 1.165) is 12.1 Å². The molecule has 8 nitrogen and oxygen atoms in total. The molecule has 10 heteroatoms. The summed E-state index contributed by atoms with van der Waals surface area (Å²) in [4.78, 5) is 30.3. The number of nitrogens with one attached hydrogen (secondary N) is 3. The minimum atomic E-state index is -0.705. The van der Waals surface area contributed by atoms with Crippen molar-refractivity contribution >= 4 is 40.7 Å². The highest BCUT2D eigenvalue weighted by atomic mass is 35.5. The molecule has 1 aliphatic heterocycles. The first-order valence-corrected chi connectivity index (χ1v) is 13.8. The van der Waals surface area contributed by atoms with E-state index in [4.69, 9.17) is 27.9 Å². The maximum atomic E-state index is 13.6. The van der Waals surface area contributed by atoms with Crippen LogP contribution < -0.4 is 20.9 Å². The molecule has 1 aliphatic rings. The van der Waals surface area contributed by atoms with E-state index < -0.39 is 6.04 Å². The molecule has 1 heterocycles. The fraction of sp³-hybridized carbons (Fsp3) is 0.500. The lowest BCUT2D eigenvalue weighted by atomic mass is 10.0. The van der Waals surface area contributed by atoms with Crippen LogP contribution in [0.15, 0.2) is 42.5 Å². The molecule has 3 N–H and O–H groups in total. The van der Waals surface area contributed by atoms with Crippen molar-refractivity contribution in [2.75, 3.05) is 58.4 Å². The molecule has 2 aromatic carbocycles. The van der Waals surface area contributed by atoms with Gasteiger partial charge in [-0.25, -0.2) is 0 Å². The zero-order valence-corrected chi connectivity index (χ0v) is 23.9. The molecular formula is C28H39Cl2N5O3. The van der Waals surface area contributed by atoms with E-state index in [9.17, 15) is 9.59 Å². The molecule has 0 saturated carbocycles. The number of amides is 2. The molecular weight excluding hydrogens is 525 g/mol. The van der Waals surface area contributed by atoms with E-state index in [1.807, 2.05) is 17.0 Å². The van der Waals surface area contributed by atoms with Gasteiger partial charge >= 0.3 is 0 Å². The molecule has 2 amide bonds. The van der Waals surface area contributed by atoms with Crippen LogP contribution in [-0.2, 0) is 27.3 Å². The lowest BCUT2D eigenvalue weighted by Gasteiger charge is -2.38. The van der Waals surface area contributed by atoms with Gasteiger partial charge < -0.3 is 30.5 Å². The third-order valence-corrected chi connectivity index (χ3v) is 7.24. The molecule has 0 bridgehead atoms. The monoisotopic (exact) mass is 563 g/mol. The molecule has 2 atom stereocenters. The first kappa shape index (κ1) is 30.2. The number of para-hydroxylation sites is 1. The summed E-state index contributed by atoms with van der Waals surface area (Å²) in [6.07, 6.45) is 0.588. The first-order valence-electron chi connectivity index (χ1n) is 13.0. The number of rotatable bonds is 13. The summed E-state index contributed by atoms with van der Waals surface area (Å²) < 4.78 is 5.23. The fourth-order valence-corrected chi connectivity index (χ4v) is 5.05. The minimum Gasteiger partial charge on any atom is -0.383 e. The Morgan fingerprint density at radius 1 is 1.05 bits per heavy atom.